The summed E-state index contributed by atoms with van der Waals surface area (Å²) in [7, 11) is 2.12. The van der Waals surface area contributed by atoms with Gasteiger partial charge in [-0.1, -0.05) is 18.2 Å². The zero-order valence-electron chi connectivity index (χ0n) is 37.4. The van der Waals surface area contributed by atoms with Gasteiger partial charge in [-0.05, 0) is 122 Å². The van der Waals surface area contributed by atoms with Crippen molar-refractivity contribution in [3.8, 4) is 28.5 Å². The second-order valence-electron chi connectivity index (χ2n) is 19.7. The molecule has 1 aromatic heterocycles. The Balaban J connectivity index is 0.678. The number of aromatic nitrogens is 2. The van der Waals surface area contributed by atoms with Crippen LogP contribution >= 0.6 is 12.2 Å². The first kappa shape index (κ1) is 42.7. The zero-order chi connectivity index (χ0) is 45.3. The summed E-state index contributed by atoms with van der Waals surface area (Å²) in [6, 6.07) is 20.5. The largest absolute Gasteiger partial charge is 0.507 e. The Kier molecular flexibility index (Phi) is 11.0. The fourth-order valence-electron chi connectivity index (χ4n) is 12.6. The van der Waals surface area contributed by atoms with E-state index >= 15 is 4.39 Å². The maximum atomic E-state index is 15.4. The van der Waals surface area contributed by atoms with E-state index in [9.17, 15) is 14.7 Å². The number of carbonyl (C=O) groups excluding carboxylic acids is 2. The number of nitrogen functional groups attached to an aromatic ring is 1. The van der Waals surface area contributed by atoms with E-state index < -0.39 is 0 Å². The normalized spacial score (nSPS) is 26.5. The number of phenols is 1. The fourth-order valence-corrected chi connectivity index (χ4v) is 12.9. The number of likely N-dealkylation sites (tertiary alicyclic amines) is 1. The molecule has 8 aliphatic rings. The van der Waals surface area contributed by atoms with Crippen molar-refractivity contribution in [3.63, 3.8) is 0 Å². The number of hydrogen-bond acceptors (Lipinski definition) is 12. The Morgan fingerprint density at radius 1 is 0.924 bits per heavy atom. The number of nitrogens with two attached hydrogens (primary N) is 1. The molecule has 3 aromatic carbocycles. The van der Waals surface area contributed by atoms with E-state index in [-0.39, 0.29) is 46.9 Å². The van der Waals surface area contributed by atoms with Crippen LogP contribution in [0.1, 0.15) is 69.3 Å². The molecule has 6 aliphatic heterocycles. The number of imide groups is 1. The quantitative estimate of drug-likeness (QED) is 0.134. The van der Waals surface area contributed by atoms with Gasteiger partial charge in [0.15, 0.2) is 16.7 Å². The summed E-state index contributed by atoms with van der Waals surface area (Å²) in [4.78, 5) is 36.0. The Bertz CT molecular complexity index is 2540. The number of piperidine rings is 3. The molecule has 2 amide bonds. The van der Waals surface area contributed by atoms with Crippen LogP contribution in [0.5, 0.6) is 17.2 Å². The van der Waals surface area contributed by atoms with Crippen molar-refractivity contribution in [2.75, 3.05) is 79.9 Å². The van der Waals surface area contributed by atoms with Crippen LogP contribution in [0.15, 0.2) is 66.7 Å². The van der Waals surface area contributed by atoms with E-state index in [0.29, 0.717) is 66.7 Å². The third kappa shape index (κ3) is 7.68. The lowest BCUT2D eigenvalue weighted by Crippen LogP contribution is -2.55. The predicted molar refractivity (Wildman–Crippen MR) is 254 cm³/mol. The number of hydrogen-bond donors (Lipinski definition) is 3. The highest BCUT2D eigenvalue weighted by atomic mass is 32.1. The van der Waals surface area contributed by atoms with Crippen molar-refractivity contribution in [1.82, 2.24) is 25.3 Å². The van der Waals surface area contributed by atoms with Gasteiger partial charge < -0.3 is 44.8 Å². The van der Waals surface area contributed by atoms with Crippen LogP contribution in [0.4, 0.5) is 27.3 Å². The van der Waals surface area contributed by atoms with E-state index in [4.69, 9.17) is 27.4 Å². The van der Waals surface area contributed by atoms with Crippen LogP contribution in [0, 0.1) is 23.1 Å². The van der Waals surface area contributed by atoms with E-state index in [1.54, 1.807) is 24.3 Å². The smallest absolute Gasteiger partial charge is 0.249 e. The number of thiocarbonyl (C=S) groups is 1. The number of phenolic OH excluding ortho intramolecular Hbond substituents is 1. The number of halogens is 1. The molecule has 66 heavy (non-hydrogen) atoms. The summed E-state index contributed by atoms with van der Waals surface area (Å²) in [6.45, 7) is 6.09. The molecule has 16 heteroatoms. The van der Waals surface area contributed by atoms with Crippen molar-refractivity contribution in [2.24, 2.45) is 17.3 Å². The van der Waals surface area contributed by atoms with E-state index in [2.05, 4.69) is 59.2 Å². The molecule has 7 heterocycles. The lowest BCUT2D eigenvalue weighted by atomic mass is 9.41. The first-order valence-electron chi connectivity index (χ1n) is 23.8. The maximum absolute atomic E-state index is 15.4. The van der Waals surface area contributed by atoms with Crippen LogP contribution < -0.4 is 35.2 Å². The molecule has 2 saturated carbocycles. The molecule has 2 aliphatic carbocycles. The molecule has 4 aromatic rings. The van der Waals surface area contributed by atoms with E-state index in [1.807, 2.05) is 30.3 Å². The Labute approximate surface area is 390 Å². The summed E-state index contributed by atoms with van der Waals surface area (Å²) >= 11 is 6.11. The molecule has 1 unspecified atom stereocenters. The Morgan fingerprint density at radius 3 is 2.50 bits per heavy atom. The van der Waals surface area contributed by atoms with Gasteiger partial charge in [0.25, 0.3) is 0 Å². The van der Waals surface area contributed by atoms with Crippen LogP contribution in [0.25, 0.3) is 11.3 Å². The summed E-state index contributed by atoms with van der Waals surface area (Å²) in [5, 5.41) is 22.5. The van der Waals surface area contributed by atoms with Crippen LogP contribution in [0.3, 0.4) is 0 Å². The number of benzene rings is 3. The highest BCUT2D eigenvalue weighted by Gasteiger charge is 2.63. The summed E-state index contributed by atoms with van der Waals surface area (Å²) in [5.74, 6) is 2.53. The number of amides is 2. The summed E-state index contributed by atoms with van der Waals surface area (Å²) in [6.07, 6.45) is 7.52. The van der Waals surface area contributed by atoms with Crippen LogP contribution in [0.2, 0.25) is 0 Å². The van der Waals surface area contributed by atoms with E-state index in [0.717, 1.165) is 118 Å². The van der Waals surface area contributed by atoms with Gasteiger partial charge in [-0.25, -0.2) is 4.39 Å². The van der Waals surface area contributed by atoms with Gasteiger partial charge in [-0.3, -0.25) is 14.9 Å². The zero-order valence-corrected chi connectivity index (χ0v) is 38.2. The van der Waals surface area contributed by atoms with Crippen LogP contribution in [-0.4, -0.2) is 120 Å². The maximum Gasteiger partial charge on any atom is 0.249 e. The van der Waals surface area contributed by atoms with Crippen molar-refractivity contribution in [1.29, 1.82) is 0 Å². The Hall–Kier alpha value is -5.90. The molecule has 3 atom stereocenters. The topological polar surface area (TPSA) is 153 Å². The minimum Gasteiger partial charge on any atom is -0.507 e. The lowest BCUT2D eigenvalue weighted by Gasteiger charge is -2.63. The Morgan fingerprint density at radius 2 is 1.71 bits per heavy atom. The molecule has 0 radical (unpaired) electrons. The van der Waals surface area contributed by atoms with Gasteiger partial charge in [0.2, 0.25) is 11.8 Å². The second-order valence-corrected chi connectivity index (χ2v) is 20.1. The number of para-hydroxylation sites is 2. The third-order valence-corrected chi connectivity index (χ3v) is 16.6. The average molecular weight is 916 g/mol. The number of fused-ring (bicyclic) bond motifs is 3. The first-order chi connectivity index (χ1) is 32.0. The first-order valence-corrected chi connectivity index (χ1v) is 24.2. The van der Waals surface area contributed by atoms with Gasteiger partial charge in [-0.2, -0.15) is 0 Å². The number of anilines is 4. The molecule has 2 bridgehead atoms. The molecular formula is C50H58FN9O5S. The number of nitrogens with one attached hydrogen (secondary N) is 1. The SMILES string of the molecule is CN(C(=S)N1CCC(Oc2cc(F)cc(C3C[C@H]4CN(c5cc(-c6ccccc6O)nnc5N)CC5CC34C5)c2)CC1)C1CCN(c2cccc3c2OCCN3[C@H]2CCC(=O)NC2=O)CC1. The van der Waals surface area contributed by atoms with Gasteiger partial charge in [0.1, 0.15) is 36.1 Å². The van der Waals surface area contributed by atoms with Crippen molar-refractivity contribution >= 4 is 52.0 Å². The van der Waals surface area contributed by atoms with Gasteiger partial charge in [-0.15, -0.1) is 10.2 Å². The van der Waals surface area contributed by atoms with E-state index in [1.165, 1.54) is 0 Å². The highest BCUT2D eigenvalue weighted by Crippen LogP contribution is 2.71. The molecule has 4 N–H and O–H groups in total. The minimum atomic E-state index is -0.383. The third-order valence-electron chi connectivity index (χ3n) is 16.0. The molecule has 5 saturated heterocycles. The molecule has 346 valence electrons. The highest BCUT2D eigenvalue weighted by molar-refractivity contribution is 7.80. The monoisotopic (exact) mass is 915 g/mol. The standard InChI is InChI=1S/C50H58FN9O5S/c1-56(34-11-15-57(16-12-34)40-6-4-7-41-46(40)64-20-19-60(41)42-9-10-45(62)53-48(42)63)49(66)58-17-13-35(14-18-58)65-36-22-31(21-33(51)24-36)38-23-32-29-59(28-30-26-50(32,38)27-30)43-25-39(54-55-47(43)52)37-5-2-3-8-44(37)61/h2-8,21-22,24-25,30,32,34-35,38,42,61H,9-20,23,26-29H2,1H3,(H2,52,55)(H,53,62,63)/t30?,32-,38?,42-,50?/m0/s1. The minimum absolute atomic E-state index is 0.0221. The van der Waals surface area contributed by atoms with Gasteiger partial charge in [0.05, 0.1) is 29.3 Å². The summed E-state index contributed by atoms with van der Waals surface area (Å²) < 4.78 is 28.2. The number of carbonyl (C=O) groups is 2. The molecular weight excluding hydrogens is 858 g/mol. The number of aromatic hydroxyl groups is 1. The number of nitrogens with zero attached hydrogens (tertiary/aromatic N) is 7. The fraction of sp³-hybridized carbons (Fsp3) is 0.500. The van der Waals surface area contributed by atoms with Crippen LogP contribution in [-0.2, 0) is 9.59 Å². The van der Waals surface area contributed by atoms with Crippen molar-refractivity contribution in [2.45, 2.75) is 81.9 Å². The van der Waals surface area contributed by atoms with Crippen molar-refractivity contribution < 1.29 is 28.6 Å². The number of ether oxygens (including phenoxy) is 2. The van der Waals surface area contributed by atoms with Gasteiger partial charge in [0, 0.05) is 83.3 Å². The summed E-state index contributed by atoms with van der Waals surface area (Å²) in [5.41, 5.74) is 11.6. The van der Waals surface area contributed by atoms with Crippen molar-refractivity contribution in [3.05, 3.63) is 78.1 Å². The lowest BCUT2D eigenvalue weighted by molar-refractivity contribution is -0.134. The molecule has 14 nitrogen and oxygen atoms in total. The molecule has 12 rings (SSSR count). The average Bonchev–Trinajstić information content (AvgIpc) is 3.50. The molecule has 7 fully saturated rings. The predicted octanol–water partition coefficient (Wildman–Crippen LogP) is 6.32. The second kappa shape index (κ2) is 17.1. The molecule has 1 spiro atoms. The van der Waals surface area contributed by atoms with Gasteiger partial charge >= 0.3 is 0 Å². The number of rotatable bonds is 8.